The van der Waals surface area contributed by atoms with Gasteiger partial charge in [-0.3, -0.25) is 9.36 Å². The molecule has 2 aliphatic heterocycles. The van der Waals surface area contributed by atoms with E-state index in [2.05, 4.69) is 30.4 Å². The van der Waals surface area contributed by atoms with Crippen LogP contribution in [0.5, 0.6) is 0 Å². The number of halogens is 3. The molecular formula is C26H29F3N7O4P. The summed E-state index contributed by atoms with van der Waals surface area (Å²) in [6, 6.07) is 9.43. The number of rotatable bonds is 7. The zero-order valence-corrected chi connectivity index (χ0v) is 23.2. The number of benzene rings is 2. The standard InChI is InChI=1S/C26H29F3N7O4P/c1-34-9-11-36(12-10-34)21-8-7-20(22-18(21)14-35(2)24(22)37)32-23-19(26(27,28)29)13-30-25(33-23)31-17-5-3-16(4-6-17)15-41(38,39)40/h3-8,13H,9-12,14-15H2,1-2H3,(H2,38,39,40)(H2,30,31,32,33). The minimum absolute atomic E-state index is 0.141. The number of carbonyl (C=O) groups excluding carboxylic acids is 1. The van der Waals surface area contributed by atoms with Gasteiger partial charge in [0, 0.05) is 62.9 Å². The molecule has 1 amide bonds. The van der Waals surface area contributed by atoms with Gasteiger partial charge in [-0.2, -0.15) is 18.2 Å². The maximum absolute atomic E-state index is 14.0. The maximum Gasteiger partial charge on any atom is 0.421 e. The molecule has 0 saturated carbocycles. The van der Waals surface area contributed by atoms with Crippen molar-refractivity contribution >= 4 is 42.3 Å². The molecule has 0 bridgehead atoms. The van der Waals surface area contributed by atoms with Crippen molar-refractivity contribution in [2.24, 2.45) is 0 Å². The predicted octanol–water partition coefficient (Wildman–Crippen LogP) is 4.00. The van der Waals surface area contributed by atoms with Crippen LogP contribution in [0.3, 0.4) is 0 Å². The molecule has 4 N–H and O–H groups in total. The van der Waals surface area contributed by atoms with Crippen molar-refractivity contribution in [2.45, 2.75) is 18.9 Å². The van der Waals surface area contributed by atoms with Crippen LogP contribution in [-0.4, -0.2) is 75.7 Å². The lowest BCUT2D eigenvalue weighted by molar-refractivity contribution is -0.137. The van der Waals surface area contributed by atoms with Crippen LogP contribution in [0.2, 0.25) is 0 Å². The smallest absolute Gasteiger partial charge is 0.369 e. The zero-order chi connectivity index (χ0) is 29.5. The lowest BCUT2D eigenvalue weighted by atomic mass is 10.0. The van der Waals surface area contributed by atoms with E-state index in [9.17, 15) is 22.5 Å². The topological polar surface area (TPSA) is 134 Å². The van der Waals surface area contributed by atoms with Gasteiger partial charge in [-0.15, -0.1) is 0 Å². The molecule has 0 radical (unpaired) electrons. The molecule has 1 aromatic heterocycles. The summed E-state index contributed by atoms with van der Waals surface area (Å²) in [6.07, 6.45) is -4.55. The summed E-state index contributed by atoms with van der Waals surface area (Å²) in [4.78, 5) is 45.3. The van der Waals surface area contributed by atoms with E-state index in [1.165, 1.54) is 29.2 Å². The van der Waals surface area contributed by atoms with Crippen molar-refractivity contribution in [2.75, 3.05) is 55.8 Å². The van der Waals surface area contributed by atoms with E-state index in [0.29, 0.717) is 29.6 Å². The second-order valence-corrected chi connectivity index (χ2v) is 11.8. The summed E-state index contributed by atoms with van der Waals surface area (Å²) in [5.74, 6) is -0.961. The van der Waals surface area contributed by atoms with E-state index in [1.54, 1.807) is 13.1 Å². The fourth-order valence-corrected chi connectivity index (χ4v) is 5.61. The van der Waals surface area contributed by atoms with Gasteiger partial charge in [-0.05, 0) is 36.9 Å². The molecule has 0 atom stereocenters. The lowest BCUT2D eigenvalue weighted by Gasteiger charge is -2.35. The number of aromatic nitrogens is 2. The Morgan fingerprint density at radius 1 is 1.00 bits per heavy atom. The van der Waals surface area contributed by atoms with E-state index in [-0.39, 0.29) is 17.5 Å². The monoisotopic (exact) mass is 591 g/mol. The number of fused-ring (bicyclic) bond motifs is 1. The van der Waals surface area contributed by atoms with Crippen LogP contribution in [-0.2, 0) is 23.4 Å². The first-order valence-electron chi connectivity index (χ1n) is 12.7. The van der Waals surface area contributed by atoms with Crippen LogP contribution in [0.15, 0.2) is 42.6 Å². The quantitative estimate of drug-likeness (QED) is 0.299. The van der Waals surface area contributed by atoms with Crippen molar-refractivity contribution in [3.05, 3.63) is 64.8 Å². The summed E-state index contributed by atoms with van der Waals surface area (Å²) in [7, 11) is -0.560. The fourth-order valence-electron chi connectivity index (χ4n) is 4.92. The van der Waals surface area contributed by atoms with E-state index in [4.69, 9.17) is 9.79 Å². The molecule has 15 heteroatoms. The first-order valence-corrected chi connectivity index (χ1v) is 14.5. The molecule has 2 aliphatic rings. The molecule has 1 saturated heterocycles. The summed E-state index contributed by atoms with van der Waals surface area (Å²) >= 11 is 0. The summed E-state index contributed by atoms with van der Waals surface area (Å²) in [5.41, 5.74) is 1.86. The van der Waals surface area contributed by atoms with Crippen LogP contribution in [0.1, 0.15) is 27.0 Å². The average Bonchev–Trinajstić information content (AvgIpc) is 3.19. The van der Waals surface area contributed by atoms with Gasteiger partial charge in [0.25, 0.3) is 5.91 Å². The SMILES string of the molecule is CN1CCN(c2ccc(Nc3nc(Nc4ccc(CP(=O)(O)O)cc4)ncc3C(F)(F)F)c3c2CN(C)C3=O)CC1. The van der Waals surface area contributed by atoms with Gasteiger partial charge in [0.1, 0.15) is 11.4 Å². The molecule has 11 nitrogen and oxygen atoms in total. The fraction of sp³-hybridized carbons (Fsp3) is 0.346. The molecule has 1 fully saturated rings. The van der Waals surface area contributed by atoms with E-state index in [0.717, 1.165) is 37.4 Å². The van der Waals surface area contributed by atoms with E-state index in [1.807, 2.05) is 13.1 Å². The summed E-state index contributed by atoms with van der Waals surface area (Å²) < 4.78 is 53.1. The Kier molecular flexibility index (Phi) is 7.68. The number of anilines is 5. The molecule has 0 unspecified atom stereocenters. The average molecular weight is 592 g/mol. The Morgan fingerprint density at radius 2 is 1.68 bits per heavy atom. The zero-order valence-electron chi connectivity index (χ0n) is 22.3. The predicted molar refractivity (Wildman–Crippen MR) is 148 cm³/mol. The van der Waals surface area contributed by atoms with Gasteiger partial charge in [-0.25, -0.2) is 4.98 Å². The van der Waals surface area contributed by atoms with E-state index >= 15 is 0 Å². The van der Waals surface area contributed by atoms with Crippen LogP contribution in [0.25, 0.3) is 0 Å². The Hall–Kier alpha value is -3.71. The van der Waals surface area contributed by atoms with Gasteiger partial charge in [-0.1, -0.05) is 12.1 Å². The van der Waals surface area contributed by atoms with E-state index < -0.39 is 31.3 Å². The van der Waals surface area contributed by atoms with Gasteiger partial charge >= 0.3 is 13.8 Å². The minimum Gasteiger partial charge on any atom is -0.369 e. The Morgan fingerprint density at radius 3 is 2.32 bits per heavy atom. The highest BCUT2D eigenvalue weighted by Gasteiger charge is 2.37. The van der Waals surface area contributed by atoms with Crippen molar-refractivity contribution in [3.8, 4) is 0 Å². The first kappa shape index (κ1) is 28.8. The second kappa shape index (κ2) is 10.9. The number of amides is 1. The Balaban J connectivity index is 1.46. The third kappa shape index (κ3) is 6.46. The maximum atomic E-state index is 14.0. The normalized spacial score (nSPS) is 16.2. The van der Waals surface area contributed by atoms with Gasteiger partial charge in [0.15, 0.2) is 0 Å². The summed E-state index contributed by atoms with van der Waals surface area (Å²) in [5, 5.41) is 5.57. The number of nitrogens with one attached hydrogen (secondary N) is 2. The van der Waals surface area contributed by atoms with Crippen molar-refractivity contribution in [3.63, 3.8) is 0 Å². The Labute approximate surface area is 234 Å². The molecule has 41 heavy (non-hydrogen) atoms. The molecule has 218 valence electrons. The van der Waals surface area contributed by atoms with Gasteiger partial charge in [0.2, 0.25) is 5.95 Å². The molecule has 2 aromatic carbocycles. The molecule has 3 aromatic rings. The largest absolute Gasteiger partial charge is 0.421 e. The van der Waals surface area contributed by atoms with Crippen molar-refractivity contribution in [1.82, 2.24) is 19.8 Å². The number of likely N-dealkylation sites (N-methyl/N-ethyl adjacent to an activating group) is 1. The van der Waals surface area contributed by atoms with Crippen LogP contribution in [0.4, 0.5) is 42.0 Å². The Bertz CT molecular complexity index is 1510. The summed E-state index contributed by atoms with van der Waals surface area (Å²) in [6.45, 7) is 3.60. The molecular weight excluding hydrogens is 562 g/mol. The molecule has 3 heterocycles. The first-order chi connectivity index (χ1) is 19.3. The molecule has 5 rings (SSSR count). The number of nitrogens with zero attached hydrogens (tertiary/aromatic N) is 5. The van der Waals surface area contributed by atoms with Gasteiger partial charge < -0.3 is 35.1 Å². The van der Waals surface area contributed by atoms with Crippen LogP contribution < -0.4 is 15.5 Å². The number of hydrogen-bond acceptors (Lipinski definition) is 8. The molecule has 0 spiro atoms. The highest BCUT2D eigenvalue weighted by Crippen LogP contribution is 2.41. The third-order valence-corrected chi connectivity index (χ3v) is 7.81. The van der Waals surface area contributed by atoms with Crippen molar-refractivity contribution in [1.29, 1.82) is 0 Å². The van der Waals surface area contributed by atoms with Crippen molar-refractivity contribution < 1.29 is 32.3 Å². The third-order valence-electron chi connectivity index (χ3n) is 7.03. The molecule has 0 aliphatic carbocycles. The highest BCUT2D eigenvalue weighted by atomic mass is 31.2. The van der Waals surface area contributed by atoms with Crippen LogP contribution in [0, 0.1) is 0 Å². The highest BCUT2D eigenvalue weighted by molar-refractivity contribution is 7.50. The number of hydrogen-bond donors (Lipinski definition) is 4. The minimum atomic E-state index is -4.77. The number of piperazine rings is 1. The number of carbonyl (C=O) groups is 1. The lowest BCUT2D eigenvalue weighted by Crippen LogP contribution is -2.44. The second-order valence-electron chi connectivity index (χ2n) is 10.2. The van der Waals surface area contributed by atoms with Gasteiger partial charge in [0.05, 0.1) is 17.4 Å². The van der Waals surface area contributed by atoms with Crippen LogP contribution >= 0.6 is 7.60 Å². The number of alkyl halides is 3.